The molecule has 0 amide bonds. The minimum Gasteiger partial charge on any atom is -0.481 e. The summed E-state index contributed by atoms with van der Waals surface area (Å²) in [5.74, 6) is -0.840. The highest BCUT2D eigenvalue weighted by Crippen LogP contribution is 2.23. The molecule has 0 unspecified atom stereocenters. The van der Waals surface area contributed by atoms with Gasteiger partial charge in [0.2, 0.25) is 0 Å². The number of benzene rings is 2. The summed E-state index contributed by atoms with van der Waals surface area (Å²) in [6, 6.07) is 14.3. The summed E-state index contributed by atoms with van der Waals surface area (Å²) in [5, 5.41) is 11.8. The first-order valence-electron chi connectivity index (χ1n) is 6.11. The van der Waals surface area contributed by atoms with Gasteiger partial charge in [-0.3, -0.25) is 9.36 Å². The fourth-order valence-corrected chi connectivity index (χ4v) is 2.74. The first-order valence-corrected chi connectivity index (χ1v) is 7.10. The molecule has 100 valence electrons. The van der Waals surface area contributed by atoms with Gasteiger partial charge in [-0.05, 0) is 22.9 Å². The number of nitrogens with zero attached hydrogens (tertiary/aromatic N) is 2. The Balaban J connectivity index is 1.98. The van der Waals surface area contributed by atoms with Crippen molar-refractivity contribution in [3.63, 3.8) is 0 Å². The molecule has 0 saturated heterocycles. The number of hydrogen-bond acceptors (Lipinski definition) is 3. The molecule has 3 aromatic rings. The van der Waals surface area contributed by atoms with Gasteiger partial charge in [-0.15, -0.1) is 0 Å². The second-order valence-electron chi connectivity index (χ2n) is 4.29. The summed E-state index contributed by atoms with van der Waals surface area (Å²) in [4.78, 5) is 14.9. The lowest BCUT2D eigenvalue weighted by molar-refractivity contribution is -0.133. The van der Waals surface area contributed by atoms with Crippen molar-refractivity contribution in [3.8, 4) is 5.69 Å². The number of fused-ring (bicyclic) bond motifs is 1. The molecule has 5 heteroatoms. The van der Waals surface area contributed by atoms with Crippen molar-refractivity contribution < 1.29 is 9.90 Å². The zero-order valence-corrected chi connectivity index (χ0v) is 11.4. The monoisotopic (exact) mass is 284 g/mol. The molecule has 1 N–H and O–H groups in total. The maximum absolute atomic E-state index is 10.7. The van der Waals surface area contributed by atoms with Crippen LogP contribution in [0.3, 0.4) is 0 Å². The van der Waals surface area contributed by atoms with Gasteiger partial charge in [-0.25, -0.2) is 4.98 Å². The molecule has 20 heavy (non-hydrogen) atoms. The molecule has 0 spiro atoms. The van der Waals surface area contributed by atoms with Crippen LogP contribution in [0.4, 0.5) is 0 Å². The lowest BCUT2D eigenvalue weighted by atomic mass is 10.1. The molecule has 0 radical (unpaired) electrons. The Labute approximate surface area is 120 Å². The van der Waals surface area contributed by atoms with Crippen LogP contribution >= 0.6 is 11.8 Å². The highest BCUT2D eigenvalue weighted by molar-refractivity contribution is 7.99. The van der Waals surface area contributed by atoms with Gasteiger partial charge >= 0.3 is 5.97 Å². The van der Waals surface area contributed by atoms with Gasteiger partial charge in [-0.2, -0.15) is 0 Å². The van der Waals surface area contributed by atoms with E-state index in [0.717, 1.165) is 11.1 Å². The minimum atomic E-state index is -0.844. The standard InChI is InChI=1S/C15H12N2O2S/c18-14(19)10-20-15-16-7-8-17(15)13-6-5-11-3-1-2-4-12(11)9-13/h1-9H,10H2,(H,18,19). The SMILES string of the molecule is O=C(O)CSc1nccn1-c1ccc2ccccc2c1. The van der Waals surface area contributed by atoms with Gasteiger partial charge in [-0.1, -0.05) is 42.1 Å². The number of carboxylic acid groups (broad SMARTS) is 1. The average molecular weight is 284 g/mol. The molecule has 0 saturated carbocycles. The third-order valence-electron chi connectivity index (χ3n) is 2.94. The molecular weight excluding hydrogens is 272 g/mol. The summed E-state index contributed by atoms with van der Waals surface area (Å²) in [7, 11) is 0. The third kappa shape index (κ3) is 2.53. The van der Waals surface area contributed by atoms with E-state index in [9.17, 15) is 4.79 Å². The molecule has 2 aromatic carbocycles. The van der Waals surface area contributed by atoms with E-state index in [1.54, 1.807) is 6.20 Å². The smallest absolute Gasteiger partial charge is 0.313 e. The predicted molar refractivity (Wildman–Crippen MR) is 79.4 cm³/mol. The van der Waals surface area contributed by atoms with Crippen LogP contribution in [0.25, 0.3) is 16.5 Å². The Kier molecular flexibility index (Phi) is 3.43. The van der Waals surface area contributed by atoms with E-state index in [4.69, 9.17) is 5.11 Å². The molecule has 0 aliphatic rings. The van der Waals surface area contributed by atoms with Gasteiger partial charge in [0.15, 0.2) is 5.16 Å². The molecule has 4 nitrogen and oxygen atoms in total. The van der Waals surface area contributed by atoms with E-state index in [1.165, 1.54) is 17.1 Å². The molecule has 1 aromatic heterocycles. The van der Waals surface area contributed by atoms with Gasteiger partial charge in [0.05, 0.1) is 5.75 Å². The van der Waals surface area contributed by atoms with Crippen molar-refractivity contribution in [1.29, 1.82) is 0 Å². The summed E-state index contributed by atoms with van der Waals surface area (Å²) >= 11 is 1.21. The van der Waals surface area contributed by atoms with Crippen molar-refractivity contribution in [3.05, 3.63) is 54.9 Å². The molecule has 0 atom stereocenters. The number of aliphatic carboxylic acids is 1. The van der Waals surface area contributed by atoms with Crippen LogP contribution < -0.4 is 0 Å². The van der Waals surface area contributed by atoms with Gasteiger partial charge in [0.1, 0.15) is 0 Å². The first kappa shape index (κ1) is 12.7. The van der Waals surface area contributed by atoms with Crippen LogP contribution in [0.1, 0.15) is 0 Å². The van der Waals surface area contributed by atoms with Gasteiger partial charge in [0, 0.05) is 18.1 Å². The second kappa shape index (κ2) is 5.38. The third-order valence-corrected chi connectivity index (χ3v) is 3.89. The fraction of sp³-hybridized carbons (Fsp3) is 0.0667. The van der Waals surface area contributed by atoms with Crippen LogP contribution in [0.2, 0.25) is 0 Å². The van der Waals surface area contributed by atoms with E-state index >= 15 is 0 Å². The highest BCUT2D eigenvalue weighted by atomic mass is 32.2. The van der Waals surface area contributed by atoms with Crippen LogP contribution in [0, 0.1) is 0 Å². The van der Waals surface area contributed by atoms with E-state index in [-0.39, 0.29) is 5.75 Å². The maximum Gasteiger partial charge on any atom is 0.313 e. The zero-order valence-electron chi connectivity index (χ0n) is 10.6. The van der Waals surface area contributed by atoms with Crippen molar-refractivity contribution in [2.24, 2.45) is 0 Å². The Bertz CT molecular complexity index is 767. The molecule has 3 rings (SSSR count). The number of hydrogen-bond donors (Lipinski definition) is 1. The van der Waals surface area contributed by atoms with Crippen molar-refractivity contribution in [1.82, 2.24) is 9.55 Å². The van der Waals surface area contributed by atoms with Gasteiger partial charge < -0.3 is 5.11 Å². The fourth-order valence-electron chi connectivity index (χ4n) is 2.05. The van der Waals surface area contributed by atoms with Crippen LogP contribution in [-0.4, -0.2) is 26.4 Å². The number of rotatable bonds is 4. The van der Waals surface area contributed by atoms with E-state index < -0.39 is 5.97 Å². The lowest BCUT2D eigenvalue weighted by Gasteiger charge is -2.08. The molecular formula is C15H12N2O2S. The summed E-state index contributed by atoms with van der Waals surface area (Å²) in [6.07, 6.45) is 3.52. The molecule has 1 heterocycles. The normalized spacial score (nSPS) is 10.8. The number of carbonyl (C=O) groups is 1. The molecule has 0 bridgehead atoms. The lowest BCUT2D eigenvalue weighted by Crippen LogP contribution is -2.01. The average Bonchev–Trinajstić information content (AvgIpc) is 2.93. The Morgan fingerprint density at radius 2 is 2.00 bits per heavy atom. The summed E-state index contributed by atoms with van der Waals surface area (Å²) < 4.78 is 1.90. The number of carboxylic acids is 1. The van der Waals surface area contributed by atoms with Crippen LogP contribution in [-0.2, 0) is 4.79 Å². The largest absolute Gasteiger partial charge is 0.481 e. The number of imidazole rings is 1. The quantitative estimate of drug-likeness (QED) is 0.747. The van der Waals surface area contributed by atoms with E-state index in [2.05, 4.69) is 29.2 Å². The van der Waals surface area contributed by atoms with Crippen LogP contribution in [0.15, 0.2) is 60.0 Å². The summed E-state index contributed by atoms with van der Waals surface area (Å²) in [5.41, 5.74) is 0.981. The maximum atomic E-state index is 10.7. The van der Waals surface area contributed by atoms with Crippen molar-refractivity contribution >= 4 is 28.5 Å². The number of aromatic nitrogens is 2. The Morgan fingerprint density at radius 1 is 1.20 bits per heavy atom. The van der Waals surface area contributed by atoms with Crippen molar-refractivity contribution in [2.75, 3.05) is 5.75 Å². The zero-order chi connectivity index (χ0) is 13.9. The van der Waals surface area contributed by atoms with E-state index in [1.807, 2.05) is 29.0 Å². The first-order chi connectivity index (χ1) is 9.74. The van der Waals surface area contributed by atoms with E-state index in [0.29, 0.717) is 5.16 Å². The molecule has 0 aliphatic carbocycles. The molecule has 0 fully saturated rings. The number of thioether (sulfide) groups is 1. The van der Waals surface area contributed by atoms with Crippen LogP contribution in [0.5, 0.6) is 0 Å². The molecule has 0 aliphatic heterocycles. The highest BCUT2D eigenvalue weighted by Gasteiger charge is 2.08. The van der Waals surface area contributed by atoms with Crippen molar-refractivity contribution in [2.45, 2.75) is 5.16 Å². The Hall–Kier alpha value is -2.27. The van der Waals surface area contributed by atoms with Gasteiger partial charge in [0.25, 0.3) is 0 Å². The second-order valence-corrected chi connectivity index (χ2v) is 5.24. The Morgan fingerprint density at radius 3 is 2.80 bits per heavy atom. The minimum absolute atomic E-state index is 0.00456. The summed E-state index contributed by atoms with van der Waals surface area (Å²) in [6.45, 7) is 0. The predicted octanol–water partition coefficient (Wildman–Crippen LogP) is 3.20. The topological polar surface area (TPSA) is 55.1 Å².